The molecule has 13 heavy (non-hydrogen) atoms. The molecule has 0 saturated carbocycles. The molecule has 0 bridgehead atoms. The van der Waals surface area contributed by atoms with E-state index in [0.717, 1.165) is 25.7 Å². The van der Waals surface area contributed by atoms with E-state index in [4.69, 9.17) is 0 Å². The first-order chi connectivity index (χ1) is 6.50. The highest BCUT2D eigenvalue weighted by Crippen LogP contribution is 1.99. The van der Waals surface area contributed by atoms with E-state index in [-0.39, 0.29) is 0 Å². The SMILES string of the molecule is [CH]1C=CCC=CCCC=CC=CC1. The quantitative estimate of drug-likeness (QED) is 0.486. The van der Waals surface area contributed by atoms with Crippen molar-refractivity contribution >= 4 is 0 Å². The molecular formula is C13H17. The zero-order valence-electron chi connectivity index (χ0n) is 8.02. The number of allylic oxidation sites excluding steroid dienone is 8. The average Bonchev–Trinajstić information content (AvgIpc) is 2.18. The summed E-state index contributed by atoms with van der Waals surface area (Å²) < 4.78 is 0. The molecule has 0 unspecified atom stereocenters. The number of rotatable bonds is 0. The minimum Gasteiger partial charge on any atom is -0.0879 e. The van der Waals surface area contributed by atoms with E-state index in [1.807, 2.05) is 0 Å². The molecule has 0 aromatic rings. The van der Waals surface area contributed by atoms with Crippen LogP contribution in [-0.2, 0) is 0 Å². The Morgan fingerprint density at radius 2 is 1.31 bits per heavy atom. The van der Waals surface area contributed by atoms with Crippen molar-refractivity contribution in [1.29, 1.82) is 0 Å². The number of hydrogen-bond acceptors (Lipinski definition) is 0. The zero-order chi connectivity index (χ0) is 9.19. The molecule has 0 saturated heterocycles. The Bertz CT molecular complexity index is 192. The summed E-state index contributed by atoms with van der Waals surface area (Å²) in [5, 5.41) is 0. The van der Waals surface area contributed by atoms with Crippen molar-refractivity contribution in [2.24, 2.45) is 0 Å². The molecule has 0 aromatic carbocycles. The maximum absolute atomic E-state index is 2.25. The van der Waals surface area contributed by atoms with Crippen molar-refractivity contribution < 1.29 is 0 Å². The van der Waals surface area contributed by atoms with E-state index in [0.29, 0.717) is 0 Å². The Labute approximate surface area is 81.4 Å². The molecule has 0 aliphatic heterocycles. The molecule has 0 spiro atoms. The fourth-order valence-corrected chi connectivity index (χ4v) is 1.15. The van der Waals surface area contributed by atoms with Crippen molar-refractivity contribution in [2.75, 3.05) is 0 Å². The predicted molar refractivity (Wildman–Crippen MR) is 59.3 cm³/mol. The summed E-state index contributed by atoms with van der Waals surface area (Å²) in [4.78, 5) is 0. The summed E-state index contributed by atoms with van der Waals surface area (Å²) in [6, 6.07) is 0. The fraction of sp³-hybridized carbons (Fsp3) is 0.308. The number of hydrogen-bond donors (Lipinski definition) is 0. The van der Waals surface area contributed by atoms with Crippen LogP contribution < -0.4 is 0 Å². The van der Waals surface area contributed by atoms with Crippen LogP contribution in [0.4, 0.5) is 0 Å². The Morgan fingerprint density at radius 3 is 2.31 bits per heavy atom. The standard InChI is InChI=1S/C13H17/c1-2-4-6-8-10-12-13-11-9-7-5-3-1/h1-4,7,9-12H,5-6,8,13H2. The minimum atomic E-state index is 1.03. The average molecular weight is 173 g/mol. The van der Waals surface area contributed by atoms with E-state index in [9.17, 15) is 0 Å². The van der Waals surface area contributed by atoms with E-state index in [2.05, 4.69) is 55.0 Å². The molecule has 0 nitrogen and oxygen atoms in total. The van der Waals surface area contributed by atoms with Crippen LogP contribution in [-0.4, -0.2) is 0 Å². The van der Waals surface area contributed by atoms with Gasteiger partial charge in [-0.1, -0.05) is 48.6 Å². The molecule has 0 fully saturated rings. The van der Waals surface area contributed by atoms with Crippen LogP contribution >= 0.6 is 0 Å². The van der Waals surface area contributed by atoms with Gasteiger partial charge >= 0.3 is 0 Å². The van der Waals surface area contributed by atoms with Gasteiger partial charge in [-0.3, -0.25) is 0 Å². The Kier molecular flexibility index (Phi) is 5.87. The smallest absolute Gasteiger partial charge is 0.0133 e. The lowest BCUT2D eigenvalue weighted by Gasteiger charge is -1.85. The van der Waals surface area contributed by atoms with Gasteiger partial charge in [0, 0.05) is 0 Å². The Balaban J connectivity index is 2.38. The zero-order valence-corrected chi connectivity index (χ0v) is 8.02. The molecule has 0 heterocycles. The van der Waals surface area contributed by atoms with Crippen molar-refractivity contribution in [1.82, 2.24) is 0 Å². The van der Waals surface area contributed by atoms with Gasteiger partial charge in [0.2, 0.25) is 0 Å². The molecule has 0 heteroatoms. The van der Waals surface area contributed by atoms with E-state index in [1.165, 1.54) is 0 Å². The molecule has 1 rings (SSSR count). The van der Waals surface area contributed by atoms with Gasteiger partial charge in [-0.25, -0.2) is 0 Å². The van der Waals surface area contributed by atoms with Crippen LogP contribution in [0.25, 0.3) is 0 Å². The van der Waals surface area contributed by atoms with Gasteiger partial charge in [0.15, 0.2) is 0 Å². The molecule has 0 amide bonds. The molecular weight excluding hydrogens is 156 g/mol. The Morgan fingerprint density at radius 1 is 0.538 bits per heavy atom. The third-order valence-corrected chi connectivity index (χ3v) is 1.87. The maximum atomic E-state index is 2.25. The minimum absolute atomic E-state index is 1.03. The topological polar surface area (TPSA) is 0 Å². The molecule has 1 aliphatic rings. The lowest BCUT2D eigenvalue weighted by molar-refractivity contribution is 1.04. The fourth-order valence-electron chi connectivity index (χ4n) is 1.15. The van der Waals surface area contributed by atoms with Crippen molar-refractivity contribution in [2.45, 2.75) is 25.7 Å². The van der Waals surface area contributed by atoms with Crippen LogP contribution in [0.1, 0.15) is 25.7 Å². The third-order valence-electron chi connectivity index (χ3n) is 1.87. The summed E-state index contributed by atoms with van der Waals surface area (Å²) >= 11 is 0. The summed E-state index contributed by atoms with van der Waals surface area (Å²) in [5.41, 5.74) is 0. The highest BCUT2D eigenvalue weighted by Gasteiger charge is 1.79. The molecule has 1 radical (unpaired) electrons. The summed E-state index contributed by atoms with van der Waals surface area (Å²) in [6.07, 6.45) is 24.0. The van der Waals surface area contributed by atoms with E-state index >= 15 is 0 Å². The van der Waals surface area contributed by atoms with Crippen molar-refractivity contribution in [3.8, 4) is 0 Å². The molecule has 0 aromatic heterocycles. The molecule has 0 atom stereocenters. The molecule has 0 N–H and O–H groups in total. The molecule has 69 valence electrons. The normalized spacial score (nSPS) is 19.1. The largest absolute Gasteiger partial charge is 0.0879 e. The van der Waals surface area contributed by atoms with Crippen molar-refractivity contribution in [3.05, 3.63) is 55.0 Å². The van der Waals surface area contributed by atoms with E-state index < -0.39 is 0 Å². The van der Waals surface area contributed by atoms with Gasteiger partial charge in [0.25, 0.3) is 0 Å². The predicted octanol–water partition coefficient (Wildman–Crippen LogP) is 3.99. The van der Waals surface area contributed by atoms with Crippen LogP contribution in [0.3, 0.4) is 0 Å². The van der Waals surface area contributed by atoms with Crippen LogP contribution in [0.2, 0.25) is 0 Å². The van der Waals surface area contributed by atoms with Crippen LogP contribution in [0.5, 0.6) is 0 Å². The van der Waals surface area contributed by atoms with E-state index in [1.54, 1.807) is 0 Å². The lowest BCUT2D eigenvalue weighted by Crippen LogP contribution is -1.65. The van der Waals surface area contributed by atoms with Gasteiger partial charge in [0.1, 0.15) is 0 Å². The van der Waals surface area contributed by atoms with Crippen molar-refractivity contribution in [3.63, 3.8) is 0 Å². The maximum Gasteiger partial charge on any atom is -0.0133 e. The monoisotopic (exact) mass is 173 g/mol. The third kappa shape index (κ3) is 6.15. The highest BCUT2D eigenvalue weighted by atomic mass is 13.9. The second-order valence-corrected chi connectivity index (χ2v) is 3.04. The lowest BCUT2D eigenvalue weighted by atomic mass is 10.2. The summed E-state index contributed by atoms with van der Waals surface area (Å²) in [6.45, 7) is 0. The first kappa shape index (κ1) is 10.0. The molecule has 1 aliphatic carbocycles. The van der Waals surface area contributed by atoms with Gasteiger partial charge in [-0.15, -0.1) is 0 Å². The second-order valence-electron chi connectivity index (χ2n) is 3.04. The van der Waals surface area contributed by atoms with Gasteiger partial charge in [-0.2, -0.15) is 0 Å². The highest BCUT2D eigenvalue weighted by molar-refractivity contribution is 5.08. The first-order valence-electron chi connectivity index (χ1n) is 4.95. The van der Waals surface area contributed by atoms with Gasteiger partial charge in [0.05, 0.1) is 0 Å². The van der Waals surface area contributed by atoms with Gasteiger partial charge < -0.3 is 0 Å². The summed E-state index contributed by atoms with van der Waals surface area (Å²) in [5.74, 6) is 0. The first-order valence-corrected chi connectivity index (χ1v) is 4.95. The Hall–Kier alpha value is -1.04. The second kappa shape index (κ2) is 7.60. The van der Waals surface area contributed by atoms with Gasteiger partial charge in [-0.05, 0) is 32.1 Å². The van der Waals surface area contributed by atoms with Crippen LogP contribution in [0.15, 0.2) is 48.6 Å². The van der Waals surface area contributed by atoms with Crippen LogP contribution in [0, 0.1) is 6.42 Å². The summed E-state index contributed by atoms with van der Waals surface area (Å²) in [7, 11) is 0.